The normalized spacial score (nSPS) is 19.9. The molecule has 1 amide bonds. The van der Waals surface area contributed by atoms with Crippen LogP contribution in [0.2, 0.25) is 0 Å². The van der Waals surface area contributed by atoms with E-state index in [1.165, 1.54) is 0 Å². The van der Waals surface area contributed by atoms with Gasteiger partial charge in [-0.25, -0.2) is 0 Å². The van der Waals surface area contributed by atoms with Crippen LogP contribution < -0.4 is 11.1 Å². The summed E-state index contributed by atoms with van der Waals surface area (Å²) in [7, 11) is -1.19. The second kappa shape index (κ2) is 6.47. The van der Waals surface area contributed by atoms with Crippen LogP contribution in [0.4, 0.5) is 0 Å². The van der Waals surface area contributed by atoms with Crippen molar-refractivity contribution in [2.24, 2.45) is 5.73 Å². The molecule has 100 valence electrons. The highest BCUT2D eigenvalue weighted by atomic mass is 32.2. The number of hydrogen-bond donors (Lipinski definition) is 2. The Bertz CT molecular complexity index is 283. The largest absolute Gasteiger partial charge is 0.381 e. The van der Waals surface area contributed by atoms with E-state index in [1.807, 2.05) is 0 Å². The molecule has 0 aromatic heterocycles. The first-order valence-electron chi connectivity index (χ1n) is 5.88. The summed E-state index contributed by atoms with van der Waals surface area (Å²) >= 11 is 0. The molecule has 1 fully saturated rings. The van der Waals surface area contributed by atoms with E-state index < -0.39 is 16.3 Å². The van der Waals surface area contributed by atoms with Crippen LogP contribution in [-0.4, -0.2) is 46.4 Å². The summed E-state index contributed by atoms with van der Waals surface area (Å²) in [6.45, 7) is 4.98. The van der Waals surface area contributed by atoms with E-state index >= 15 is 0 Å². The lowest BCUT2D eigenvalue weighted by Crippen LogP contribution is -2.43. The van der Waals surface area contributed by atoms with E-state index in [2.05, 4.69) is 5.32 Å². The lowest BCUT2D eigenvalue weighted by Gasteiger charge is -2.23. The number of amides is 1. The molecule has 0 bridgehead atoms. The molecule has 1 atom stereocenters. The average Bonchev–Trinajstić information content (AvgIpc) is 2.15. The number of nitrogens with two attached hydrogens (primary N) is 1. The monoisotopic (exact) mass is 262 g/mol. The fourth-order valence-corrected chi connectivity index (χ4v) is 3.03. The first-order chi connectivity index (χ1) is 7.87. The third-order valence-corrected chi connectivity index (χ3v) is 4.06. The summed E-state index contributed by atoms with van der Waals surface area (Å²) in [5, 5.41) is 2.88. The Hall–Kier alpha value is -0.460. The van der Waals surface area contributed by atoms with Crippen molar-refractivity contribution < 1.29 is 13.7 Å². The van der Waals surface area contributed by atoms with E-state index in [0.717, 1.165) is 12.8 Å². The van der Waals surface area contributed by atoms with Gasteiger partial charge in [0, 0.05) is 41.3 Å². The Labute approximate surface area is 105 Å². The lowest BCUT2D eigenvalue weighted by atomic mass is 10.1. The zero-order chi connectivity index (χ0) is 12.9. The predicted molar refractivity (Wildman–Crippen MR) is 68.1 cm³/mol. The maximum Gasteiger partial charge on any atom is 0.232 e. The van der Waals surface area contributed by atoms with E-state index in [1.54, 1.807) is 13.8 Å². The molecule has 0 radical (unpaired) electrons. The molecule has 6 heteroatoms. The number of carbonyl (C=O) groups excluding carboxylic acids is 1. The van der Waals surface area contributed by atoms with Crippen LogP contribution in [0.5, 0.6) is 0 Å². The van der Waals surface area contributed by atoms with Gasteiger partial charge in [0.2, 0.25) is 5.91 Å². The van der Waals surface area contributed by atoms with Crippen LogP contribution in [0.3, 0.4) is 0 Å². The Morgan fingerprint density at radius 1 is 1.47 bits per heavy atom. The summed E-state index contributed by atoms with van der Waals surface area (Å²) in [6.07, 6.45) is 1.67. The van der Waals surface area contributed by atoms with Gasteiger partial charge in [-0.15, -0.1) is 0 Å². The smallest absolute Gasteiger partial charge is 0.232 e. The second-order valence-electron chi connectivity index (χ2n) is 5.17. The molecule has 1 rings (SSSR count). The molecule has 3 N–H and O–H groups in total. The third kappa shape index (κ3) is 6.75. The van der Waals surface area contributed by atoms with Crippen LogP contribution in [-0.2, 0) is 20.3 Å². The van der Waals surface area contributed by atoms with Gasteiger partial charge in [-0.05, 0) is 26.7 Å². The first kappa shape index (κ1) is 14.6. The highest BCUT2D eigenvalue weighted by Gasteiger charge is 2.20. The fraction of sp³-hybridized carbons (Fsp3) is 0.909. The predicted octanol–water partition coefficient (Wildman–Crippen LogP) is -0.232. The van der Waals surface area contributed by atoms with Gasteiger partial charge in [0.25, 0.3) is 0 Å². The minimum Gasteiger partial charge on any atom is -0.381 e. The SMILES string of the molecule is CC(C)(N)CS(=O)CC(=O)NC1CCOCC1. The van der Waals surface area contributed by atoms with Crippen LogP contribution in [0.1, 0.15) is 26.7 Å². The summed E-state index contributed by atoms with van der Waals surface area (Å²) in [6, 6.07) is 0.166. The van der Waals surface area contributed by atoms with Gasteiger partial charge in [-0.2, -0.15) is 0 Å². The molecule has 0 saturated carbocycles. The van der Waals surface area contributed by atoms with Crippen molar-refractivity contribution in [3.05, 3.63) is 0 Å². The van der Waals surface area contributed by atoms with Gasteiger partial charge in [-0.3, -0.25) is 9.00 Å². The number of rotatable bonds is 5. The van der Waals surface area contributed by atoms with Gasteiger partial charge in [0.15, 0.2) is 0 Å². The van der Waals surface area contributed by atoms with Crippen LogP contribution in [0, 0.1) is 0 Å². The topological polar surface area (TPSA) is 81.4 Å². The zero-order valence-electron chi connectivity index (χ0n) is 10.5. The number of nitrogens with one attached hydrogen (secondary N) is 1. The molecule has 1 aliphatic heterocycles. The molecule has 1 unspecified atom stereocenters. The maximum atomic E-state index is 11.7. The number of carbonyl (C=O) groups is 1. The van der Waals surface area contributed by atoms with E-state index in [9.17, 15) is 9.00 Å². The molecule has 0 spiro atoms. The van der Waals surface area contributed by atoms with E-state index in [4.69, 9.17) is 10.5 Å². The minimum absolute atomic E-state index is 0.0397. The van der Waals surface area contributed by atoms with Gasteiger partial charge in [0.05, 0.1) is 0 Å². The van der Waals surface area contributed by atoms with E-state index in [-0.39, 0.29) is 17.7 Å². The highest BCUT2D eigenvalue weighted by Crippen LogP contribution is 2.06. The van der Waals surface area contributed by atoms with Crippen molar-refractivity contribution in [3.63, 3.8) is 0 Å². The van der Waals surface area contributed by atoms with Gasteiger partial charge in [0.1, 0.15) is 5.75 Å². The minimum atomic E-state index is -1.19. The summed E-state index contributed by atoms with van der Waals surface area (Å²) in [5.74, 6) is 0.228. The van der Waals surface area contributed by atoms with Gasteiger partial charge < -0.3 is 15.8 Å². The molecule has 5 nitrogen and oxygen atoms in total. The van der Waals surface area contributed by atoms with Crippen molar-refractivity contribution >= 4 is 16.7 Å². The van der Waals surface area contributed by atoms with Crippen LogP contribution in [0.15, 0.2) is 0 Å². The summed E-state index contributed by atoms with van der Waals surface area (Å²) in [5.41, 5.74) is 5.26. The average molecular weight is 262 g/mol. The summed E-state index contributed by atoms with van der Waals surface area (Å²) < 4.78 is 16.9. The molecule has 0 aromatic rings. The Morgan fingerprint density at radius 2 is 2.06 bits per heavy atom. The zero-order valence-corrected chi connectivity index (χ0v) is 11.3. The fourth-order valence-electron chi connectivity index (χ4n) is 1.72. The van der Waals surface area contributed by atoms with Crippen molar-refractivity contribution in [2.75, 3.05) is 24.7 Å². The standard InChI is InChI=1S/C11H22N2O3S/c1-11(2,12)8-17(15)7-10(14)13-9-3-5-16-6-4-9/h9H,3-8,12H2,1-2H3,(H,13,14). The Kier molecular flexibility index (Phi) is 5.55. The van der Waals surface area contributed by atoms with Crippen molar-refractivity contribution in [1.29, 1.82) is 0 Å². The van der Waals surface area contributed by atoms with Crippen molar-refractivity contribution in [2.45, 2.75) is 38.3 Å². The Balaban J connectivity index is 2.26. The molecule has 1 heterocycles. The van der Waals surface area contributed by atoms with Crippen molar-refractivity contribution in [3.8, 4) is 0 Å². The van der Waals surface area contributed by atoms with Crippen LogP contribution >= 0.6 is 0 Å². The molecule has 1 saturated heterocycles. The molecule has 17 heavy (non-hydrogen) atoms. The molecule has 0 aromatic carbocycles. The molecular weight excluding hydrogens is 240 g/mol. The molecule has 1 aliphatic rings. The number of hydrogen-bond acceptors (Lipinski definition) is 4. The van der Waals surface area contributed by atoms with Crippen molar-refractivity contribution in [1.82, 2.24) is 5.32 Å². The van der Waals surface area contributed by atoms with Gasteiger partial charge >= 0.3 is 0 Å². The summed E-state index contributed by atoms with van der Waals surface area (Å²) in [4.78, 5) is 11.6. The first-order valence-corrected chi connectivity index (χ1v) is 7.36. The quantitative estimate of drug-likeness (QED) is 0.717. The Morgan fingerprint density at radius 3 is 2.59 bits per heavy atom. The van der Waals surface area contributed by atoms with Gasteiger partial charge in [-0.1, -0.05) is 0 Å². The lowest BCUT2D eigenvalue weighted by molar-refractivity contribution is -0.119. The highest BCUT2D eigenvalue weighted by molar-refractivity contribution is 7.85. The number of ether oxygens (including phenoxy) is 1. The second-order valence-corrected chi connectivity index (χ2v) is 6.63. The maximum absolute atomic E-state index is 11.7. The molecular formula is C11H22N2O3S. The molecule has 0 aliphatic carbocycles. The van der Waals surface area contributed by atoms with E-state index in [0.29, 0.717) is 19.0 Å². The van der Waals surface area contributed by atoms with Crippen LogP contribution in [0.25, 0.3) is 0 Å². The third-order valence-electron chi connectivity index (χ3n) is 2.41.